The predicted octanol–water partition coefficient (Wildman–Crippen LogP) is 1.80. The SMILES string of the molecule is CC(=N)c1cc(N)ccc1F. The number of nitrogen functional groups attached to an aromatic ring is 1. The van der Waals surface area contributed by atoms with Crippen molar-refractivity contribution in [2.24, 2.45) is 0 Å². The summed E-state index contributed by atoms with van der Waals surface area (Å²) >= 11 is 0. The fraction of sp³-hybridized carbons (Fsp3) is 0.125. The highest BCUT2D eigenvalue weighted by molar-refractivity contribution is 5.97. The predicted molar refractivity (Wildman–Crippen MR) is 43.3 cm³/mol. The maximum absolute atomic E-state index is 12.8. The van der Waals surface area contributed by atoms with Gasteiger partial charge in [0.15, 0.2) is 0 Å². The van der Waals surface area contributed by atoms with Gasteiger partial charge < -0.3 is 11.1 Å². The Kier molecular flexibility index (Phi) is 1.89. The summed E-state index contributed by atoms with van der Waals surface area (Å²) in [5, 5.41) is 7.18. The first-order valence-corrected chi connectivity index (χ1v) is 3.22. The van der Waals surface area contributed by atoms with E-state index in [0.29, 0.717) is 5.69 Å². The Morgan fingerprint density at radius 2 is 2.18 bits per heavy atom. The number of anilines is 1. The van der Waals surface area contributed by atoms with Gasteiger partial charge in [-0.05, 0) is 25.1 Å². The first-order chi connectivity index (χ1) is 5.11. The molecule has 0 bridgehead atoms. The van der Waals surface area contributed by atoms with Crippen LogP contribution in [-0.4, -0.2) is 5.71 Å². The maximum atomic E-state index is 12.8. The number of nitrogens with two attached hydrogens (primary N) is 1. The molecule has 1 aromatic rings. The summed E-state index contributed by atoms with van der Waals surface area (Å²) in [4.78, 5) is 0. The number of benzene rings is 1. The van der Waals surface area contributed by atoms with Crippen LogP contribution in [-0.2, 0) is 0 Å². The molecule has 0 aromatic heterocycles. The molecular formula is C8H9FN2. The zero-order valence-corrected chi connectivity index (χ0v) is 6.19. The van der Waals surface area contributed by atoms with Crippen molar-refractivity contribution in [3.63, 3.8) is 0 Å². The van der Waals surface area contributed by atoms with E-state index < -0.39 is 5.82 Å². The molecule has 0 aliphatic rings. The van der Waals surface area contributed by atoms with Gasteiger partial charge in [-0.25, -0.2) is 4.39 Å². The Labute approximate surface area is 64.4 Å². The molecule has 0 fully saturated rings. The largest absolute Gasteiger partial charge is 0.399 e. The molecule has 0 saturated heterocycles. The van der Waals surface area contributed by atoms with Gasteiger partial charge in [-0.3, -0.25) is 0 Å². The van der Waals surface area contributed by atoms with Gasteiger partial charge in [-0.15, -0.1) is 0 Å². The average Bonchev–Trinajstić information content (AvgIpc) is 1.94. The molecule has 1 rings (SSSR count). The molecular weight excluding hydrogens is 143 g/mol. The van der Waals surface area contributed by atoms with Crippen LogP contribution in [0.3, 0.4) is 0 Å². The van der Waals surface area contributed by atoms with Crippen LogP contribution >= 0.6 is 0 Å². The maximum Gasteiger partial charge on any atom is 0.132 e. The van der Waals surface area contributed by atoms with Crippen LogP contribution in [0.5, 0.6) is 0 Å². The lowest BCUT2D eigenvalue weighted by Gasteiger charge is -2.00. The number of hydrogen-bond donors (Lipinski definition) is 2. The van der Waals surface area contributed by atoms with Gasteiger partial charge in [0.1, 0.15) is 5.82 Å². The zero-order valence-electron chi connectivity index (χ0n) is 6.19. The van der Waals surface area contributed by atoms with Crippen LogP contribution in [0.4, 0.5) is 10.1 Å². The van der Waals surface area contributed by atoms with Crippen molar-refractivity contribution in [3.8, 4) is 0 Å². The molecule has 0 radical (unpaired) electrons. The Morgan fingerprint density at radius 3 is 2.64 bits per heavy atom. The molecule has 0 amide bonds. The molecule has 2 nitrogen and oxygen atoms in total. The van der Waals surface area contributed by atoms with Crippen LogP contribution in [0.2, 0.25) is 0 Å². The lowest BCUT2D eigenvalue weighted by molar-refractivity contribution is 0.625. The van der Waals surface area contributed by atoms with E-state index >= 15 is 0 Å². The second-order valence-corrected chi connectivity index (χ2v) is 2.36. The van der Waals surface area contributed by atoms with Crippen molar-refractivity contribution in [2.75, 3.05) is 5.73 Å². The van der Waals surface area contributed by atoms with Crippen molar-refractivity contribution in [3.05, 3.63) is 29.6 Å². The van der Waals surface area contributed by atoms with E-state index in [9.17, 15) is 4.39 Å². The summed E-state index contributed by atoms with van der Waals surface area (Å²) in [6, 6.07) is 4.20. The minimum atomic E-state index is -0.397. The van der Waals surface area contributed by atoms with Crippen LogP contribution in [0.25, 0.3) is 0 Å². The van der Waals surface area contributed by atoms with E-state index in [1.165, 1.54) is 25.1 Å². The Balaban J connectivity index is 3.23. The highest BCUT2D eigenvalue weighted by atomic mass is 19.1. The zero-order chi connectivity index (χ0) is 8.43. The summed E-state index contributed by atoms with van der Waals surface area (Å²) < 4.78 is 12.8. The normalized spacial score (nSPS) is 9.64. The van der Waals surface area contributed by atoms with Gasteiger partial charge in [0, 0.05) is 17.0 Å². The topological polar surface area (TPSA) is 49.9 Å². The molecule has 0 aliphatic carbocycles. The summed E-state index contributed by atoms with van der Waals surface area (Å²) in [6.45, 7) is 1.53. The van der Waals surface area contributed by atoms with Gasteiger partial charge in [-0.2, -0.15) is 0 Å². The quantitative estimate of drug-likeness (QED) is 0.467. The second kappa shape index (κ2) is 2.70. The second-order valence-electron chi connectivity index (χ2n) is 2.36. The molecule has 0 heterocycles. The Hall–Kier alpha value is -1.38. The lowest BCUT2D eigenvalue weighted by atomic mass is 10.1. The van der Waals surface area contributed by atoms with E-state index in [4.69, 9.17) is 11.1 Å². The Morgan fingerprint density at radius 1 is 1.55 bits per heavy atom. The minimum Gasteiger partial charge on any atom is -0.399 e. The van der Waals surface area contributed by atoms with Gasteiger partial charge in [0.05, 0.1) is 0 Å². The number of nitrogens with one attached hydrogen (secondary N) is 1. The third-order valence-corrected chi connectivity index (χ3v) is 1.39. The number of rotatable bonds is 1. The molecule has 11 heavy (non-hydrogen) atoms. The highest BCUT2D eigenvalue weighted by Gasteiger charge is 2.02. The minimum absolute atomic E-state index is 0.190. The summed E-state index contributed by atoms with van der Waals surface area (Å²) in [5.74, 6) is -0.397. The molecule has 1 aromatic carbocycles. The fourth-order valence-corrected chi connectivity index (χ4v) is 0.830. The van der Waals surface area contributed by atoms with Gasteiger partial charge >= 0.3 is 0 Å². The van der Waals surface area contributed by atoms with Gasteiger partial charge in [-0.1, -0.05) is 0 Å². The van der Waals surface area contributed by atoms with E-state index in [1.54, 1.807) is 0 Å². The number of hydrogen-bond acceptors (Lipinski definition) is 2. The molecule has 0 aliphatic heterocycles. The van der Waals surface area contributed by atoms with Crippen molar-refractivity contribution >= 4 is 11.4 Å². The van der Waals surface area contributed by atoms with Crippen molar-refractivity contribution in [1.82, 2.24) is 0 Å². The summed E-state index contributed by atoms with van der Waals surface area (Å²) in [7, 11) is 0. The smallest absolute Gasteiger partial charge is 0.132 e. The Bertz CT molecular complexity index is 294. The van der Waals surface area contributed by atoms with Gasteiger partial charge in [0.25, 0.3) is 0 Å². The van der Waals surface area contributed by atoms with Gasteiger partial charge in [0.2, 0.25) is 0 Å². The molecule has 58 valence electrons. The standard InChI is InChI=1S/C8H9FN2/c1-5(10)7-4-6(11)2-3-8(7)9/h2-4,10H,11H2,1H3. The molecule has 3 heteroatoms. The van der Waals surface area contributed by atoms with E-state index in [-0.39, 0.29) is 11.3 Å². The van der Waals surface area contributed by atoms with Crippen molar-refractivity contribution in [2.45, 2.75) is 6.92 Å². The van der Waals surface area contributed by atoms with E-state index in [0.717, 1.165) is 0 Å². The molecule has 0 atom stereocenters. The van der Waals surface area contributed by atoms with E-state index in [2.05, 4.69) is 0 Å². The van der Waals surface area contributed by atoms with Crippen LogP contribution < -0.4 is 5.73 Å². The van der Waals surface area contributed by atoms with Crippen molar-refractivity contribution in [1.29, 1.82) is 5.41 Å². The van der Waals surface area contributed by atoms with E-state index in [1.807, 2.05) is 0 Å². The monoisotopic (exact) mass is 152 g/mol. The summed E-state index contributed by atoms with van der Waals surface area (Å²) in [5.41, 5.74) is 6.34. The number of halogens is 1. The lowest BCUT2D eigenvalue weighted by Crippen LogP contribution is -1.98. The molecule has 0 saturated carbocycles. The molecule has 0 unspecified atom stereocenters. The average molecular weight is 152 g/mol. The highest BCUT2D eigenvalue weighted by Crippen LogP contribution is 2.11. The first kappa shape index (κ1) is 7.72. The van der Waals surface area contributed by atoms with Crippen LogP contribution in [0, 0.1) is 11.2 Å². The van der Waals surface area contributed by atoms with Crippen molar-refractivity contribution < 1.29 is 4.39 Å². The first-order valence-electron chi connectivity index (χ1n) is 3.22. The summed E-state index contributed by atoms with van der Waals surface area (Å²) in [6.07, 6.45) is 0. The van der Waals surface area contributed by atoms with Crippen LogP contribution in [0.1, 0.15) is 12.5 Å². The fourth-order valence-electron chi connectivity index (χ4n) is 0.830. The molecule has 3 N–H and O–H groups in total. The third-order valence-electron chi connectivity index (χ3n) is 1.39. The van der Waals surface area contributed by atoms with Crippen LogP contribution in [0.15, 0.2) is 18.2 Å². The third kappa shape index (κ3) is 1.55. The molecule has 0 spiro atoms.